The summed E-state index contributed by atoms with van der Waals surface area (Å²) in [5, 5.41) is 0. The highest BCUT2D eigenvalue weighted by molar-refractivity contribution is 5.84. The van der Waals surface area contributed by atoms with Crippen LogP contribution < -0.4 is 9.47 Å². The molecule has 0 saturated carbocycles. The van der Waals surface area contributed by atoms with Crippen molar-refractivity contribution in [3.8, 4) is 11.5 Å². The highest BCUT2D eigenvalue weighted by Gasteiger charge is 2.36. The molecule has 3 aliphatic heterocycles. The summed E-state index contributed by atoms with van der Waals surface area (Å²) in [6.07, 6.45) is 5.92. The molecule has 0 fully saturated rings. The molecule has 0 N–H and O–H groups in total. The molecule has 140 valence electrons. The maximum Gasteiger partial charge on any atom is 0.233 e. The average Bonchev–Trinajstić information content (AvgIpc) is 3.41. The lowest BCUT2D eigenvalue weighted by atomic mass is 9.96. The maximum atomic E-state index is 13.1. The Labute approximate surface area is 157 Å². The van der Waals surface area contributed by atoms with Gasteiger partial charge in [0.05, 0.1) is 23.6 Å². The highest BCUT2D eigenvalue weighted by atomic mass is 16.7. The molecule has 0 spiro atoms. The Bertz CT molecular complexity index is 912. The predicted octanol–water partition coefficient (Wildman–Crippen LogP) is 1.65. The van der Waals surface area contributed by atoms with Crippen LogP contribution in [0, 0.1) is 0 Å². The molecule has 7 nitrogen and oxygen atoms in total. The number of carbonyl (C=O) groups is 1. The van der Waals surface area contributed by atoms with Crippen LogP contribution in [0.3, 0.4) is 0 Å². The zero-order chi connectivity index (χ0) is 18.4. The fourth-order valence-corrected chi connectivity index (χ4v) is 4.17. The fraction of sp³-hybridized carbons (Fsp3) is 0.400. The van der Waals surface area contributed by atoms with Gasteiger partial charge in [0.15, 0.2) is 11.5 Å². The summed E-state index contributed by atoms with van der Waals surface area (Å²) in [6.45, 7) is 3.85. The minimum Gasteiger partial charge on any atom is -0.454 e. The molecule has 2 aromatic rings. The fourth-order valence-electron chi connectivity index (χ4n) is 4.17. The summed E-state index contributed by atoms with van der Waals surface area (Å²) in [5.41, 5.74) is 3.19. The van der Waals surface area contributed by atoms with Crippen molar-refractivity contribution in [2.45, 2.75) is 19.0 Å². The van der Waals surface area contributed by atoms with E-state index in [0.29, 0.717) is 19.6 Å². The van der Waals surface area contributed by atoms with Crippen LogP contribution in [0.4, 0.5) is 0 Å². The molecule has 27 heavy (non-hydrogen) atoms. The normalized spacial score (nSPS) is 20.9. The van der Waals surface area contributed by atoms with Crippen molar-refractivity contribution in [3.05, 3.63) is 53.6 Å². The Kier molecular flexibility index (Phi) is 3.89. The molecule has 0 bridgehead atoms. The third kappa shape index (κ3) is 2.88. The topological polar surface area (TPSA) is 59.8 Å². The van der Waals surface area contributed by atoms with E-state index >= 15 is 0 Å². The summed E-state index contributed by atoms with van der Waals surface area (Å²) in [4.78, 5) is 21.9. The van der Waals surface area contributed by atoms with E-state index in [1.165, 1.54) is 0 Å². The summed E-state index contributed by atoms with van der Waals surface area (Å²) >= 11 is 0. The van der Waals surface area contributed by atoms with E-state index in [0.717, 1.165) is 41.5 Å². The van der Waals surface area contributed by atoms with E-state index in [1.54, 1.807) is 0 Å². The molecule has 1 aromatic carbocycles. The first kappa shape index (κ1) is 16.4. The van der Waals surface area contributed by atoms with Crippen LogP contribution in [0.5, 0.6) is 11.5 Å². The second kappa shape index (κ2) is 6.42. The van der Waals surface area contributed by atoms with Crippen LogP contribution in [0.15, 0.2) is 36.7 Å². The van der Waals surface area contributed by atoms with Gasteiger partial charge in [-0.25, -0.2) is 4.98 Å². The van der Waals surface area contributed by atoms with E-state index in [2.05, 4.69) is 28.1 Å². The Morgan fingerprint density at radius 1 is 1.22 bits per heavy atom. The van der Waals surface area contributed by atoms with E-state index in [1.807, 2.05) is 35.0 Å². The summed E-state index contributed by atoms with van der Waals surface area (Å²) in [7, 11) is 1.97. The minimum absolute atomic E-state index is 0.181. The SMILES string of the molecule is Cn1cnc2c1[C@H](C(=O)N1CC=CC1)CN(Cc1ccc3c(c1)OCO3)C2. The van der Waals surface area contributed by atoms with Crippen molar-refractivity contribution in [1.82, 2.24) is 19.4 Å². The van der Waals surface area contributed by atoms with Crippen molar-refractivity contribution in [2.24, 2.45) is 7.05 Å². The number of aryl methyl sites for hydroxylation is 1. The van der Waals surface area contributed by atoms with Crippen molar-refractivity contribution in [2.75, 3.05) is 26.4 Å². The van der Waals surface area contributed by atoms with Crippen LogP contribution >= 0.6 is 0 Å². The van der Waals surface area contributed by atoms with Crippen LogP contribution in [-0.2, 0) is 24.9 Å². The molecule has 3 aliphatic rings. The first-order valence-corrected chi connectivity index (χ1v) is 9.24. The molecule has 1 amide bonds. The lowest BCUT2D eigenvalue weighted by Gasteiger charge is -2.34. The Morgan fingerprint density at radius 3 is 2.89 bits per heavy atom. The Balaban J connectivity index is 1.39. The van der Waals surface area contributed by atoms with Gasteiger partial charge in [0.1, 0.15) is 0 Å². The molecule has 5 rings (SSSR count). The number of benzene rings is 1. The van der Waals surface area contributed by atoms with Gasteiger partial charge in [-0.2, -0.15) is 0 Å². The monoisotopic (exact) mass is 366 g/mol. The van der Waals surface area contributed by atoms with Gasteiger partial charge in [0, 0.05) is 39.8 Å². The standard InChI is InChI=1S/C20H22N4O3/c1-22-12-21-16-11-23(9-14-4-5-17-18(8-14)27-13-26-17)10-15(19(16)22)20(25)24-6-2-3-7-24/h2-5,8,12,15H,6-7,9-11,13H2,1H3/t15-/m1/s1. The maximum absolute atomic E-state index is 13.1. The number of carbonyl (C=O) groups excluding carboxylic acids is 1. The summed E-state index contributed by atoms with van der Waals surface area (Å²) < 4.78 is 12.9. The molecule has 1 aromatic heterocycles. The van der Waals surface area contributed by atoms with E-state index in [-0.39, 0.29) is 18.6 Å². The van der Waals surface area contributed by atoms with E-state index in [4.69, 9.17) is 9.47 Å². The van der Waals surface area contributed by atoms with Gasteiger partial charge in [-0.3, -0.25) is 9.69 Å². The third-order valence-electron chi connectivity index (χ3n) is 5.48. The molecule has 1 atom stereocenters. The minimum atomic E-state index is -0.185. The summed E-state index contributed by atoms with van der Waals surface area (Å²) in [5.74, 6) is 1.58. The van der Waals surface area contributed by atoms with Gasteiger partial charge in [-0.05, 0) is 17.7 Å². The average molecular weight is 366 g/mol. The zero-order valence-electron chi connectivity index (χ0n) is 15.3. The number of nitrogens with zero attached hydrogens (tertiary/aromatic N) is 4. The van der Waals surface area contributed by atoms with E-state index < -0.39 is 0 Å². The number of hydrogen-bond donors (Lipinski definition) is 0. The number of rotatable bonds is 3. The van der Waals surface area contributed by atoms with Gasteiger partial charge in [-0.15, -0.1) is 0 Å². The second-order valence-electron chi connectivity index (χ2n) is 7.31. The van der Waals surface area contributed by atoms with E-state index in [9.17, 15) is 4.79 Å². The number of aromatic nitrogens is 2. The Hall–Kier alpha value is -2.80. The smallest absolute Gasteiger partial charge is 0.233 e. The van der Waals surface area contributed by atoms with Crippen molar-refractivity contribution in [3.63, 3.8) is 0 Å². The molecule has 0 saturated heterocycles. The third-order valence-corrected chi connectivity index (χ3v) is 5.48. The van der Waals surface area contributed by atoms with Gasteiger partial charge in [-0.1, -0.05) is 18.2 Å². The second-order valence-corrected chi connectivity index (χ2v) is 7.31. The molecule has 0 aliphatic carbocycles. The van der Waals surface area contributed by atoms with Crippen LogP contribution in [0.2, 0.25) is 0 Å². The number of fused-ring (bicyclic) bond motifs is 2. The predicted molar refractivity (Wildman–Crippen MR) is 98.3 cm³/mol. The van der Waals surface area contributed by atoms with Crippen LogP contribution in [-0.4, -0.2) is 51.7 Å². The lowest BCUT2D eigenvalue weighted by Crippen LogP contribution is -2.43. The highest BCUT2D eigenvalue weighted by Crippen LogP contribution is 2.34. The van der Waals surface area contributed by atoms with Crippen LogP contribution in [0.25, 0.3) is 0 Å². The molecule has 4 heterocycles. The van der Waals surface area contributed by atoms with Gasteiger partial charge in [0.2, 0.25) is 12.7 Å². The molecular weight excluding hydrogens is 344 g/mol. The van der Waals surface area contributed by atoms with Gasteiger partial charge < -0.3 is 18.9 Å². The van der Waals surface area contributed by atoms with Crippen molar-refractivity contribution in [1.29, 1.82) is 0 Å². The van der Waals surface area contributed by atoms with Crippen LogP contribution in [0.1, 0.15) is 22.9 Å². The quantitative estimate of drug-likeness (QED) is 0.773. The van der Waals surface area contributed by atoms with Crippen molar-refractivity contribution < 1.29 is 14.3 Å². The molecule has 7 heteroatoms. The summed E-state index contributed by atoms with van der Waals surface area (Å²) in [6, 6.07) is 6.03. The number of amides is 1. The first-order valence-electron chi connectivity index (χ1n) is 9.24. The van der Waals surface area contributed by atoms with Gasteiger partial charge >= 0.3 is 0 Å². The van der Waals surface area contributed by atoms with Gasteiger partial charge in [0.25, 0.3) is 0 Å². The molecule has 0 unspecified atom stereocenters. The zero-order valence-corrected chi connectivity index (χ0v) is 15.3. The molecule has 0 radical (unpaired) electrons. The number of ether oxygens (including phenoxy) is 2. The molecular formula is C20H22N4O3. The number of hydrogen-bond acceptors (Lipinski definition) is 5. The Morgan fingerprint density at radius 2 is 2.04 bits per heavy atom. The number of imidazole rings is 1. The first-order chi connectivity index (χ1) is 13.2. The largest absolute Gasteiger partial charge is 0.454 e. The van der Waals surface area contributed by atoms with Crippen molar-refractivity contribution >= 4 is 5.91 Å². The lowest BCUT2D eigenvalue weighted by molar-refractivity contribution is -0.132.